The van der Waals surface area contributed by atoms with Crippen LogP contribution in [0, 0.1) is 5.41 Å². The lowest BCUT2D eigenvalue weighted by Crippen LogP contribution is -2.45. The molecule has 0 spiro atoms. The second kappa shape index (κ2) is 31.1. The lowest BCUT2D eigenvalue weighted by molar-refractivity contribution is -0.176. The number of carbonyl (C=O) groups is 8. The Morgan fingerprint density at radius 2 is 0.479 bits per heavy atom. The summed E-state index contributed by atoms with van der Waals surface area (Å²) in [6.07, 6.45) is 0. The molecule has 0 aliphatic heterocycles. The topological polar surface area (TPSA) is 351 Å². The van der Waals surface area contributed by atoms with Gasteiger partial charge in [-0.05, 0) is 97.1 Å². The molecule has 8 N–H and O–H groups in total. The first-order valence-corrected chi connectivity index (χ1v) is 22.2. The smallest absolute Gasteiger partial charge is 0.338 e. The van der Waals surface area contributed by atoms with E-state index >= 15 is 0 Å². The van der Waals surface area contributed by atoms with E-state index in [-0.39, 0.29) is 75.1 Å². The Morgan fingerprint density at radius 1 is 0.288 bits per heavy atom. The number of hydrogen-bond acceptors (Lipinski definition) is 24. The van der Waals surface area contributed by atoms with Gasteiger partial charge in [0.2, 0.25) is 0 Å². The number of benzene rings is 4. The largest absolute Gasteiger partial charge is 0.463 e. The van der Waals surface area contributed by atoms with Gasteiger partial charge in [0, 0.05) is 22.7 Å². The number of hydrogen-bond donors (Lipinski definition) is 4. The standard InChI is InChI=1S/C49H56N4O20/c50-37-9-1-33(2-10-37)45(58)66-21-17-62-25-41(54)70-29-49(30-71-42(55)26-63-18-22-67-46(59)34-3-11-38(51)12-4-34,31-72-43(56)27-64-19-23-68-47(60)35-5-13-39(52)14-6-35)32-73-44(57)28-65-20-24-69-48(61)36-7-15-40(53)16-8-36/h1-16H,17-32,50-53H2. The Kier molecular flexibility index (Phi) is 24.4. The van der Waals surface area contributed by atoms with Crippen molar-refractivity contribution in [2.24, 2.45) is 5.41 Å². The lowest BCUT2D eigenvalue weighted by Gasteiger charge is -2.31. The van der Waals surface area contributed by atoms with Crippen LogP contribution < -0.4 is 22.9 Å². The van der Waals surface area contributed by atoms with Crippen LogP contribution in [0.5, 0.6) is 0 Å². The van der Waals surface area contributed by atoms with Crippen LogP contribution in [0.3, 0.4) is 0 Å². The average molecular weight is 1020 g/mol. The molecule has 24 nitrogen and oxygen atoms in total. The summed E-state index contributed by atoms with van der Waals surface area (Å²) in [7, 11) is 0. The summed E-state index contributed by atoms with van der Waals surface area (Å²) in [4.78, 5) is 101. The summed E-state index contributed by atoms with van der Waals surface area (Å²) in [6, 6.07) is 23.9. The zero-order valence-corrected chi connectivity index (χ0v) is 39.5. The predicted octanol–water partition coefficient (Wildman–Crippen LogP) is 1.97. The normalized spacial score (nSPS) is 10.8. The Balaban J connectivity index is 1.36. The quantitative estimate of drug-likeness (QED) is 0.0235. The van der Waals surface area contributed by atoms with Crippen molar-refractivity contribution >= 4 is 70.5 Å². The van der Waals surface area contributed by atoms with Gasteiger partial charge in [0.1, 0.15) is 84.7 Å². The van der Waals surface area contributed by atoms with Gasteiger partial charge in [-0.2, -0.15) is 0 Å². The maximum atomic E-state index is 12.9. The highest BCUT2D eigenvalue weighted by Gasteiger charge is 2.38. The highest BCUT2D eigenvalue weighted by atomic mass is 16.6. The Morgan fingerprint density at radius 3 is 0.671 bits per heavy atom. The van der Waals surface area contributed by atoms with Crippen LogP contribution in [0.1, 0.15) is 41.4 Å². The molecular weight excluding hydrogens is 965 g/mol. The third-order valence-corrected chi connectivity index (χ3v) is 9.47. The number of carbonyl (C=O) groups excluding carboxylic acids is 8. The van der Waals surface area contributed by atoms with E-state index < -0.39 is 106 Å². The van der Waals surface area contributed by atoms with E-state index in [1.165, 1.54) is 97.1 Å². The van der Waals surface area contributed by atoms with Gasteiger partial charge >= 0.3 is 47.8 Å². The van der Waals surface area contributed by atoms with Crippen molar-refractivity contribution in [3.63, 3.8) is 0 Å². The predicted molar refractivity (Wildman–Crippen MR) is 254 cm³/mol. The number of nitrogen functional groups attached to an aromatic ring is 4. The minimum absolute atomic E-state index is 0.227. The van der Waals surface area contributed by atoms with E-state index in [9.17, 15) is 38.4 Å². The molecule has 392 valence electrons. The molecule has 0 unspecified atom stereocenters. The monoisotopic (exact) mass is 1020 g/mol. The Bertz CT molecular complexity index is 2080. The van der Waals surface area contributed by atoms with Crippen LogP contribution in [0.25, 0.3) is 0 Å². The highest BCUT2D eigenvalue weighted by Crippen LogP contribution is 2.22. The van der Waals surface area contributed by atoms with Crippen molar-refractivity contribution in [2.45, 2.75) is 0 Å². The van der Waals surface area contributed by atoms with E-state index in [0.717, 1.165) is 0 Å². The third kappa shape index (κ3) is 22.5. The molecule has 0 atom stereocenters. The van der Waals surface area contributed by atoms with Gasteiger partial charge in [-0.25, -0.2) is 38.4 Å². The van der Waals surface area contributed by atoms with E-state index in [1.807, 2.05) is 0 Å². The second-order valence-corrected chi connectivity index (χ2v) is 15.4. The molecule has 4 rings (SSSR count). The minimum atomic E-state index is -1.82. The van der Waals surface area contributed by atoms with Crippen molar-refractivity contribution in [3.8, 4) is 0 Å². The number of anilines is 4. The van der Waals surface area contributed by atoms with E-state index in [1.54, 1.807) is 0 Å². The minimum Gasteiger partial charge on any atom is -0.463 e. The van der Waals surface area contributed by atoms with Crippen LogP contribution >= 0.6 is 0 Å². The molecule has 0 saturated carbocycles. The van der Waals surface area contributed by atoms with Gasteiger partial charge in [0.25, 0.3) is 0 Å². The molecule has 0 fully saturated rings. The zero-order chi connectivity index (χ0) is 52.9. The van der Waals surface area contributed by atoms with Crippen molar-refractivity contribution < 1.29 is 95.2 Å². The maximum Gasteiger partial charge on any atom is 0.338 e. The van der Waals surface area contributed by atoms with Crippen molar-refractivity contribution in [1.29, 1.82) is 0 Å². The van der Waals surface area contributed by atoms with E-state index in [4.69, 9.17) is 79.8 Å². The molecule has 0 bridgehead atoms. The molecule has 73 heavy (non-hydrogen) atoms. The van der Waals surface area contributed by atoms with Crippen LogP contribution in [0.2, 0.25) is 0 Å². The summed E-state index contributed by atoms with van der Waals surface area (Å²) >= 11 is 0. The molecule has 4 aromatic carbocycles. The molecule has 4 aromatic rings. The fourth-order valence-corrected chi connectivity index (χ4v) is 5.56. The first-order chi connectivity index (χ1) is 35.1. The molecule has 0 radical (unpaired) electrons. The van der Waals surface area contributed by atoms with Gasteiger partial charge in [0.15, 0.2) is 0 Å². The fraction of sp³-hybridized carbons (Fsp3) is 0.347. The van der Waals surface area contributed by atoms with Crippen LogP contribution in [0.4, 0.5) is 22.7 Å². The summed E-state index contributed by atoms with van der Waals surface area (Å²) in [5.74, 6) is -6.58. The van der Waals surface area contributed by atoms with Crippen LogP contribution in [0.15, 0.2) is 97.1 Å². The number of ether oxygens (including phenoxy) is 12. The number of nitrogens with two attached hydrogens (primary N) is 4. The zero-order valence-electron chi connectivity index (χ0n) is 39.5. The number of esters is 8. The second-order valence-electron chi connectivity index (χ2n) is 15.4. The molecule has 24 heteroatoms. The van der Waals surface area contributed by atoms with Crippen LogP contribution in [-0.2, 0) is 76.0 Å². The van der Waals surface area contributed by atoms with E-state index in [0.29, 0.717) is 22.7 Å². The molecule has 0 aliphatic rings. The maximum absolute atomic E-state index is 12.9. The van der Waals surface area contributed by atoms with Gasteiger partial charge < -0.3 is 79.8 Å². The van der Waals surface area contributed by atoms with Gasteiger partial charge in [-0.15, -0.1) is 0 Å². The SMILES string of the molecule is Nc1ccc(C(=O)OCCOCC(=O)OCC(COC(=O)COCCOC(=O)c2ccc(N)cc2)(COC(=O)COCCOC(=O)c2ccc(N)cc2)COC(=O)COCCOC(=O)c2ccc(N)cc2)cc1. The molecule has 0 heterocycles. The van der Waals surface area contributed by atoms with Crippen LogP contribution in [-0.4, -0.2) is 153 Å². The fourth-order valence-electron chi connectivity index (χ4n) is 5.56. The Labute approximate surface area is 418 Å². The van der Waals surface area contributed by atoms with Gasteiger partial charge in [-0.1, -0.05) is 0 Å². The average Bonchev–Trinajstić information content (AvgIpc) is 3.38. The molecule has 0 aliphatic carbocycles. The summed E-state index contributed by atoms with van der Waals surface area (Å²) in [6.45, 7) is -7.42. The van der Waals surface area contributed by atoms with E-state index in [2.05, 4.69) is 0 Å². The number of rotatable bonds is 32. The highest BCUT2D eigenvalue weighted by molar-refractivity contribution is 5.91. The third-order valence-electron chi connectivity index (χ3n) is 9.47. The molecule has 0 aromatic heterocycles. The Hall–Kier alpha value is -8.32. The summed E-state index contributed by atoms with van der Waals surface area (Å²) in [5, 5.41) is 0. The summed E-state index contributed by atoms with van der Waals surface area (Å²) < 4.78 is 63.5. The first kappa shape index (κ1) is 57.3. The van der Waals surface area contributed by atoms with Gasteiger partial charge in [-0.3, -0.25) is 0 Å². The molecule has 0 saturated heterocycles. The first-order valence-electron chi connectivity index (χ1n) is 22.2. The van der Waals surface area contributed by atoms with Crippen molar-refractivity contribution in [3.05, 3.63) is 119 Å². The molecular formula is C49H56N4O20. The lowest BCUT2D eigenvalue weighted by atomic mass is 9.92. The molecule has 0 amide bonds. The summed E-state index contributed by atoms with van der Waals surface area (Å²) in [5.41, 5.74) is 23.5. The van der Waals surface area contributed by atoms with Gasteiger partial charge in [0.05, 0.1) is 48.7 Å². The van der Waals surface area contributed by atoms with Crippen molar-refractivity contribution in [2.75, 3.05) is 129 Å². The van der Waals surface area contributed by atoms with Crippen molar-refractivity contribution in [1.82, 2.24) is 0 Å².